The van der Waals surface area contributed by atoms with Crippen LogP contribution in [0.25, 0.3) is 0 Å². The summed E-state index contributed by atoms with van der Waals surface area (Å²) in [5.74, 6) is 0.0186. The molecule has 0 saturated heterocycles. The van der Waals surface area contributed by atoms with E-state index in [0.717, 1.165) is 25.7 Å². The van der Waals surface area contributed by atoms with Crippen molar-refractivity contribution in [2.45, 2.75) is 37.7 Å². The third-order valence-corrected chi connectivity index (χ3v) is 4.63. The maximum absolute atomic E-state index is 11.9. The van der Waals surface area contributed by atoms with Gasteiger partial charge in [0, 0.05) is 6.54 Å². The second-order valence-electron chi connectivity index (χ2n) is 4.85. The number of aldehydes is 1. The lowest BCUT2D eigenvalue weighted by Gasteiger charge is -2.14. The Bertz CT molecular complexity index is 528. The molecule has 0 aliphatic heterocycles. The van der Waals surface area contributed by atoms with E-state index in [-0.39, 0.29) is 16.3 Å². The van der Waals surface area contributed by atoms with Gasteiger partial charge in [0.05, 0.1) is 0 Å². The topological polar surface area (TPSA) is 76.4 Å². The highest BCUT2D eigenvalue weighted by Crippen LogP contribution is 2.49. The Hall–Kier alpha value is -1.14. The molecule has 2 rings (SSSR count). The smallest absolute Gasteiger partial charge is 0.273 e. The van der Waals surface area contributed by atoms with Gasteiger partial charge in [-0.3, -0.25) is 4.79 Å². The van der Waals surface area contributed by atoms with Gasteiger partial charge in [-0.1, -0.05) is 13.3 Å². The molecule has 1 aromatic heterocycles. The van der Waals surface area contributed by atoms with E-state index < -0.39 is 10.0 Å². The van der Waals surface area contributed by atoms with Crippen LogP contribution in [0.1, 0.15) is 43.2 Å². The van der Waals surface area contributed by atoms with Crippen LogP contribution in [0.15, 0.2) is 21.6 Å². The second-order valence-corrected chi connectivity index (χ2v) is 6.55. The summed E-state index contributed by atoms with van der Waals surface area (Å²) in [7, 11) is -3.64. The molecule has 1 aliphatic rings. The summed E-state index contributed by atoms with van der Waals surface area (Å²) in [5.41, 5.74) is 0.141. The van der Waals surface area contributed by atoms with Crippen molar-refractivity contribution in [2.24, 2.45) is 5.41 Å². The van der Waals surface area contributed by atoms with Crippen molar-refractivity contribution < 1.29 is 17.6 Å². The van der Waals surface area contributed by atoms with Gasteiger partial charge in [0.1, 0.15) is 0 Å². The highest BCUT2D eigenvalue weighted by atomic mass is 32.2. The van der Waals surface area contributed by atoms with Crippen LogP contribution in [0.4, 0.5) is 0 Å². The van der Waals surface area contributed by atoms with Gasteiger partial charge >= 0.3 is 0 Å². The number of hydrogen-bond acceptors (Lipinski definition) is 4. The van der Waals surface area contributed by atoms with E-state index in [1.54, 1.807) is 0 Å². The number of hydrogen-bond donors (Lipinski definition) is 1. The third-order valence-electron chi connectivity index (χ3n) is 3.36. The van der Waals surface area contributed by atoms with Crippen molar-refractivity contribution in [1.82, 2.24) is 4.72 Å². The first-order valence-electron chi connectivity index (χ1n) is 6.06. The van der Waals surface area contributed by atoms with E-state index in [2.05, 4.69) is 11.6 Å². The summed E-state index contributed by atoms with van der Waals surface area (Å²) >= 11 is 0. The zero-order valence-electron chi connectivity index (χ0n) is 10.3. The van der Waals surface area contributed by atoms with Crippen LogP contribution >= 0.6 is 0 Å². The fraction of sp³-hybridized carbons (Fsp3) is 0.583. The minimum atomic E-state index is -3.64. The lowest BCUT2D eigenvalue weighted by molar-refractivity contribution is 0.109. The molecule has 1 N–H and O–H groups in total. The predicted molar refractivity (Wildman–Crippen MR) is 65.9 cm³/mol. The van der Waals surface area contributed by atoms with E-state index in [9.17, 15) is 13.2 Å². The molecule has 0 amide bonds. The minimum absolute atomic E-state index is 0.0186. The molecule has 100 valence electrons. The van der Waals surface area contributed by atoms with E-state index in [1.165, 1.54) is 12.1 Å². The summed E-state index contributed by atoms with van der Waals surface area (Å²) in [6.45, 7) is 2.54. The summed E-state index contributed by atoms with van der Waals surface area (Å²) < 4.78 is 31.3. The molecule has 0 atom stereocenters. The SMILES string of the molecule is CCCC1(CNS(=O)(=O)c2ccc(C=O)o2)CC1. The fourth-order valence-electron chi connectivity index (χ4n) is 2.08. The van der Waals surface area contributed by atoms with Crippen molar-refractivity contribution in [3.8, 4) is 0 Å². The van der Waals surface area contributed by atoms with E-state index >= 15 is 0 Å². The van der Waals surface area contributed by atoms with E-state index in [4.69, 9.17) is 4.42 Å². The molecule has 6 heteroatoms. The molecule has 0 bridgehead atoms. The number of carbonyl (C=O) groups is 1. The molecule has 0 radical (unpaired) electrons. The Morgan fingerprint density at radius 2 is 2.17 bits per heavy atom. The van der Waals surface area contributed by atoms with Gasteiger partial charge in [0.25, 0.3) is 10.0 Å². The molecule has 0 aromatic carbocycles. The largest absolute Gasteiger partial charge is 0.440 e. The van der Waals surface area contributed by atoms with Gasteiger partial charge in [0.15, 0.2) is 12.0 Å². The highest BCUT2D eigenvalue weighted by molar-refractivity contribution is 7.89. The van der Waals surface area contributed by atoms with Crippen LogP contribution in [0.5, 0.6) is 0 Å². The summed E-state index contributed by atoms with van der Waals surface area (Å²) in [6, 6.07) is 2.64. The molecule has 0 unspecified atom stereocenters. The third kappa shape index (κ3) is 2.81. The summed E-state index contributed by atoms with van der Waals surface area (Å²) in [4.78, 5) is 10.5. The first-order chi connectivity index (χ1) is 8.51. The molecule has 1 fully saturated rings. The molecule has 18 heavy (non-hydrogen) atoms. The van der Waals surface area contributed by atoms with E-state index in [0.29, 0.717) is 12.8 Å². The van der Waals surface area contributed by atoms with E-state index in [1.807, 2.05) is 0 Å². The second kappa shape index (κ2) is 4.85. The number of rotatable bonds is 7. The van der Waals surface area contributed by atoms with Crippen molar-refractivity contribution in [2.75, 3.05) is 6.54 Å². The Balaban J connectivity index is 2.01. The number of furan rings is 1. The van der Waals surface area contributed by atoms with Crippen molar-refractivity contribution >= 4 is 16.3 Å². The lowest BCUT2D eigenvalue weighted by atomic mass is 10.0. The number of sulfonamides is 1. The quantitative estimate of drug-likeness (QED) is 0.769. The molecule has 0 spiro atoms. The molecular formula is C12H17NO4S. The fourth-order valence-corrected chi connectivity index (χ4v) is 3.18. The zero-order chi connectivity index (χ0) is 13.2. The first-order valence-corrected chi connectivity index (χ1v) is 7.54. The molecule has 1 aliphatic carbocycles. The van der Waals surface area contributed by atoms with Crippen LogP contribution in [-0.4, -0.2) is 21.2 Å². The van der Waals surface area contributed by atoms with Crippen LogP contribution in [0.2, 0.25) is 0 Å². The molecule has 1 heterocycles. The maximum Gasteiger partial charge on any atom is 0.273 e. The lowest BCUT2D eigenvalue weighted by Crippen LogP contribution is -2.30. The molecule has 5 nitrogen and oxygen atoms in total. The van der Waals surface area contributed by atoms with Crippen LogP contribution in [-0.2, 0) is 10.0 Å². The monoisotopic (exact) mass is 271 g/mol. The Morgan fingerprint density at radius 1 is 1.44 bits per heavy atom. The maximum atomic E-state index is 11.9. The van der Waals surface area contributed by atoms with Crippen LogP contribution in [0, 0.1) is 5.41 Å². The summed E-state index contributed by atoms with van der Waals surface area (Å²) in [5, 5.41) is -0.197. The van der Waals surface area contributed by atoms with Gasteiger partial charge < -0.3 is 4.42 Å². The van der Waals surface area contributed by atoms with Crippen LogP contribution in [0.3, 0.4) is 0 Å². The van der Waals surface area contributed by atoms with Gasteiger partial charge in [-0.15, -0.1) is 0 Å². The number of nitrogens with one attached hydrogen (secondary N) is 1. The van der Waals surface area contributed by atoms with Crippen LogP contribution < -0.4 is 4.72 Å². The van der Waals surface area contributed by atoms with Crippen molar-refractivity contribution in [3.05, 3.63) is 17.9 Å². The highest BCUT2D eigenvalue weighted by Gasteiger charge is 2.42. The van der Waals surface area contributed by atoms with Gasteiger partial charge in [-0.25, -0.2) is 13.1 Å². The molecule has 1 aromatic rings. The normalized spacial score (nSPS) is 17.6. The van der Waals surface area contributed by atoms with Gasteiger partial charge in [-0.05, 0) is 36.8 Å². The Labute approximate surface area is 107 Å². The molecule has 1 saturated carbocycles. The minimum Gasteiger partial charge on any atom is -0.440 e. The molecular weight excluding hydrogens is 254 g/mol. The Kier molecular flexibility index (Phi) is 3.59. The van der Waals surface area contributed by atoms with Gasteiger partial charge in [0.2, 0.25) is 5.09 Å². The predicted octanol–water partition coefficient (Wildman–Crippen LogP) is 1.95. The zero-order valence-corrected chi connectivity index (χ0v) is 11.1. The number of carbonyl (C=O) groups excluding carboxylic acids is 1. The van der Waals surface area contributed by atoms with Gasteiger partial charge in [-0.2, -0.15) is 0 Å². The van der Waals surface area contributed by atoms with Crippen molar-refractivity contribution in [1.29, 1.82) is 0 Å². The Morgan fingerprint density at radius 3 is 2.67 bits per heavy atom. The first kappa shape index (κ1) is 13.3. The average molecular weight is 271 g/mol. The standard InChI is InChI=1S/C12H17NO4S/c1-2-5-12(6-7-12)9-13-18(15,16)11-4-3-10(8-14)17-11/h3-4,8,13H,2,5-7,9H2,1H3. The van der Waals surface area contributed by atoms with Crippen molar-refractivity contribution in [3.63, 3.8) is 0 Å². The average Bonchev–Trinajstić information content (AvgIpc) is 2.93. The summed E-state index contributed by atoms with van der Waals surface area (Å²) in [6.07, 6.45) is 4.71.